The van der Waals surface area contributed by atoms with Crippen LogP contribution in [-0.2, 0) is 22.4 Å². The van der Waals surface area contributed by atoms with Gasteiger partial charge in [0.25, 0.3) is 11.7 Å². The van der Waals surface area contributed by atoms with Crippen molar-refractivity contribution in [3.05, 3.63) is 100 Å². The Labute approximate surface area is 199 Å². The fraction of sp³-hybridized carbons (Fsp3) is 0.276. The standard InChI is InChI=1S/C29H28N2O3/c1-18(2)19-11-13-24(14-12-19)31-26(23-8-5-15-30-17-23)25(28(33)29(31)34)27(32)22-10-9-20-6-3-4-7-21(20)16-22/h5,8-18,26,32H,3-4,6-7H2,1-2H3/b27-25-. The first-order chi connectivity index (χ1) is 16.5. The second kappa shape index (κ2) is 8.90. The van der Waals surface area contributed by atoms with Crippen molar-refractivity contribution >= 4 is 23.1 Å². The number of aliphatic hydroxyl groups is 1. The normalized spacial score (nSPS) is 19.5. The Morgan fingerprint density at radius 1 is 1.00 bits per heavy atom. The lowest BCUT2D eigenvalue weighted by Crippen LogP contribution is -2.29. The molecule has 5 heteroatoms. The van der Waals surface area contributed by atoms with Gasteiger partial charge in [-0.05, 0) is 78.1 Å². The van der Waals surface area contributed by atoms with Crippen molar-refractivity contribution in [2.45, 2.75) is 51.5 Å². The molecule has 1 unspecified atom stereocenters. The van der Waals surface area contributed by atoms with Crippen molar-refractivity contribution < 1.29 is 14.7 Å². The largest absolute Gasteiger partial charge is 0.507 e. The summed E-state index contributed by atoms with van der Waals surface area (Å²) in [5.41, 5.74) is 5.60. The maximum absolute atomic E-state index is 13.3. The molecule has 2 heterocycles. The molecule has 1 aromatic heterocycles. The molecule has 0 radical (unpaired) electrons. The Morgan fingerprint density at radius 3 is 2.41 bits per heavy atom. The molecule has 172 valence electrons. The van der Waals surface area contributed by atoms with Crippen LogP contribution in [0.15, 0.2) is 72.6 Å². The van der Waals surface area contributed by atoms with E-state index in [1.807, 2.05) is 48.5 Å². The molecule has 0 saturated carbocycles. The molecule has 2 aromatic carbocycles. The molecule has 1 fully saturated rings. The highest BCUT2D eigenvalue weighted by Gasteiger charge is 2.47. The van der Waals surface area contributed by atoms with Crippen LogP contribution in [0.2, 0.25) is 0 Å². The number of pyridine rings is 1. The summed E-state index contributed by atoms with van der Waals surface area (Å²) in [5, 5.41) is 11.4. The fourth-order valence-corrected chi connectivity index (χ4v) is 5.01. The zero-order chi connectivity index (χ0) is 23.8. The van der Waals surface area contributed by atoms with Gasteiger partial charge in [-0.25, -0.2) is 0 Å². The molecule has 1 aliphatic heterocycles. The van der Waals surface area contributed by atoms with Gasteiger partial charge in [0.1, 0.15) is 5.76 Å². The van der Waals surface area contributed by atoms with Crippen LogP contribution >= 0.6 is 0 Å². The van der Waals surface area contributed by atoms with Gasteiger partial charge in [0.15, 0.2) is 0 Å². The average Bonchev–Trinajstić information content (AvgIpc) is 3.14. The molecule has 1 N–H and O–H groups in total. The van der Waals surface area contributed by atoms with Gasteiger partial charge in [0, 0.05) is 23.6 Å². The number of anilines is 1. The van der Waals surface area contributed by atoms with E-state index in [4.69, 9.17) is 0 Å². The SMILES string of the molecule is CC(C)c1ccc(N2C(=O)C(=O)/C(=C(\O)c3ccc4c(c3)CCCC4)C2c2cccnc2)cc1. The number of carbonyl (C=O) groups excluding carboxylic acids is 2. The third kappa shape index (κ3) is 3.81. The number of aromatic nitrogens is 1. The first kappa shape index (κ1) is 22.1. The molecule has 34 heavy (non-hydrogen) atoms. The number of benzene rings is 2. The second-order valence-electron chi connectivity index (χ2n) is 9.39. The molecule has 1 aliphatic carbocycles. The number of nitrogens with zero attached hydrogens (tertiary/aromatic N) is 2. The topological polar surface area (TPSA) is 70.5 Å². The molecular weight excluding hydrogens is 424 g/mol. The zero-order valence-corrected chi connectivity index (χ0v) is 19.5. The number of aliphatic hydroxyl groups excluding tert-OH is 1. The molecule has 2 aliphatic rings. The van der Waals surface area contributed by atoms with Crippen LogP contribution in [0.25, 0.3) is 5.76 Å². The third-order valence-electron chi connectivity index (χ3n) is 6.90. The highest BCUT2D eigenvalue weighted by atomic mass is 16.3. The number of rotatable bonds is 4. The van der Waals surface area contributed by atoms with Gasteiger partial charge in [-0.3, -0.25) is 19.5 Å². The summed E-state index contributed by atoms with van der Waals surface area (Å²) in [7, 11) is 0. The van der Waals surface area contributed by atoms with Crippen LogP contribution < -0.4 is 4.90 Å². The van der Waals surface area contributed by atoms with Crippen LogP contribution in [0.1, 0.15) is 66.5 Å². The van der Waals surface area contributed by atoms with E-state index in [0.29, 0.717) is 22.7 Å². The first-order valence-electron chi connectivity index (χ1n) is 11.9. The summed E-state index contributed by atoms with van der Waals surface area (Å²) in [4.78, 5) is 32.3. The van der Waals surface area contributed by atoms with Crippen molar-refractivity contribution in [3.63, 3.8) is 0 Å². The molecule has 5 nitrogen and oxygen atoms in total. The van der Waals surface area contributed by atoms with Gasteiger partial charge in [0.2, 0.25) is 0 Å². The van der Waals surface area contributed by atoms with E-state index in [-0.39, 0.29) is 11.3 Å². The van der Waals surface area contributed by atoms with Crippen LogP contribution in [0.4, 0.5) is 5.69 Å². The van der Waals surface area contributed by atoms with E-state index in [0.717, 1.165) is 24.8 Å². The lowest BCUT2D eigenvalue weighted by molar-refractivity contribution is -0.132. The van der Waals surface area contributed by atoms with Crippen LogP contribution in [-0.4, -0.2) is 21.8 Å². The summed E-state index contributed by atoms with van der Waals surface area (Å²) in [5.74, 6) is -1.12. The quantitative estimate of drug-likeness (QED) is 0.313. The molecule has 1 amide bonds. The lowest BCUT2D eigenvalue weighted by Gasteiger charge is -2.25. The maximum Gasteiger partial charge on any atom is 0.300 e. The van der Waals surface area contributed by atoms with Crippen molar-refractivity contribution in [1.82, 2.24) is 4.98 Å². The highest BCUT2D eigenvalue weighted by Crippen LogP contribution is 2.42. The number of carbonyl (C=O) groups is 2. The Hall–Kier alpha value is -3.73. The molecule has 1 saturated heterocycles. The van der Waals surface area contributed by atoms with E-state index in [1.165, 1.54) is 22.4 Å². The molecule has 5 rings (SSSR count). The smallest absolute Gasteiger partial charge is 0.300 e. The van der Waals surface area contributed by atoms with E-state index in [2.05, 4.69) is 18.8 Å². The number of Topliss-reactive ketones (excluding diaryl/α,β-unsaturated/α-hetero) is 1. The predicted octanol–water partition coefficient (Wildman–Crippen LogP) is 5.71. The maximum atomic E-state index is 13.3. The lowest BCUT2D eigenvalue weighted by atomic mass is 9.89. The fourth-order valence-electron chi connectivity index (χ4n) is 5.01. The highest BCUT2D eigenvalue weighted by molar-refractivity contribution is 6.51. The Balaban J connectivity index is 1.65. The van der Waals surface area contributed by atoms with Crippen molar-refractivity contribution in [2.75, 3.05) is 4.90 Å². The van der Waals surface area contributed by atoms with E-state index >= 15 is 0 Å². The third-order valence-corrected chi connectivity index (χ3v) is 6.90. The number of amides is 1. The summed E-state index contributed by atoms with van der Waals surface area (Å²) in [6, 6.07) is 16.4. The minimum atomic E-state index is -0.755. The Kier molecular flexibility index (Phi) is 5.78. The van der Waals surface area contributed by atoms with Gasteiger partial charge >= 0.3 is 0 Å². The van der Waals surface area contributed by atoms with Crippen LogP contribution in [0, 0.1) is 0 Å². The Morgan fingerprint density at radius 2 is 1.74 bits per heavy atom. The van der Waals surface area contributed by atoms with Crippen LogP contribution in [0.3, 0.4) is 0 Å². The molecular formula is C29H28N2O3. The number of aryl methyl sites for hydroxylation is 2. The summed E-state index contributed by atoms with van der Waals surface area (Å²) in [6.45, 7) is 4.21. The van der Waals surface area contributed by atoms with E-state index in [1.54, 1.807) is 18.5 Å². The zero-order valence-electron chi connectivity index (χ0n) is 19.5. The number of ketones is 1. The van der Waals surface area contributed by atoms with Gasteiger partial charge in [-0.1, -0.05) is 44.2 Å². The minimum absolute atomic E-state index is 0.0988. The first-order valence-corrected chi connectivity index (χ1v) is 11.9. The van der Waals surface area contributed by atoms with Crippen molar-refractivity contribution in [2.24, 2.45) is 0 Å². The molecule has 0 spiro atoms. The molecule has 3 aromatic rings. The van der Waals surface area contributed by atoms with Crippen LogP contribution in [0.5, 0.6) is 0 Å². The Bertz CT molecular complexity index is 1280. The average molecular weight is 453 g/mol. The number of hydrogen-bond acceptors (Lipinski definition) is 4. The summed E-state index contributed by atoms with van der Waals surface area (Å²) >= 11 is 0. The summed E-state index contributed by atoms with van der Waals surface area (Å²) < 4.78 is 0. The van der Waals surface area contributed by atoms with Gasteiger partial charge in [-0.2, -0.15) is 0 Å². The van der Waals surface area contributed by atoms with E-state index in [9.17, 15) is 14.7 Å². The molecule has 0 bridgehead atoms. The van der Waals surface area contributed by atoms with E-state index < -0.39 is 17.7 Å². The number of hydrogen-bond donors (Lipinski definition) is 1. The summed E-state index contributed by atoms with van der Waals surface area (Å²) in [6.07, 6.45) is 7.56. The van der Waals surface area contributed by atoms with Gasteiger partial charge in [0.05, 0.1) is 11.6 Å². The van der Waals surface area contributed by atoms with Gasteiger partial charge < -0.3 is 5.11 Å². The second-order valence-corrected chi connectivity index (χ2v) is 9.39. The predicted molar refractivity (Wildman–Crippen MR) is 133 cm³/mol. The van der Waals surface area contributed by atoms with Crippen molar-refractivity contribution in [3.8, 4) is 0 Å². The number of fused-ring (bicyclic) bond motifs is 1. The van der Waals surface area contributed by atoms with Gasteiger partial charge in [-0.15, -0.1) is 0 Å². The van der Waals surface area contributed by atoms with Crippen molar-refractivity contribution in [1.29, 1.82) is 0 Å². The monoisotopic (exact) mass is 452 g/mol. The minimum Gasteiger partial charge on any atom is -0.507 e. The molecule has 1 atom stereocenters.